The number of carbonyl (C=O) groups is 1. The molecule has 2 aliphatic rings. The van der Waals surface area contributed by atoms with Gasteiger partial charge in [-0.25, -0.2) is 4.39 Å². The van der Waals surface area contributed by atoms with Crippen molar-refractivity contribution < 1.29 is 13.9 Å². The van der Waals surface area contributed by atoms with Gasteiger partial charge in [-0.05, 0) is 43.4 Å². The van der Waals surface area contributed by atoms with E-state index >= 15 is 0 Å². The van der Waals surface area contributed by atoms with Crippen LogP contribution in [0, 0.1) is 11.7 Å². The van der Waals surface area contributed by atoms with Crippen LogP contribution in [0.2, 0.25) is 0 Å². The SMILES string of the molecule is C[C@@H]1C[C@H]2CCN(C(=O)Cc3cccc(F)c3)C[C@@H]2O1. The number of nitrogens with zero attached hydrogens (tertiary/aromatic N) is 1. The molecule has 0 N–H and O–H groups in total. The smallest absolute Gasteiger partial charge is 0.227 e. The van der Waals surface area contributed by atoms with Crippen LogP contribution in [0.3, 0.4) is 0 Å². The third kappa shape index (κ3) is 2.85. The zero-order valence-corrected chi connectivity index (χ0v) is 11.7. The fourth-order valence-corrected chi connectivity index (χ4v) is 3.33. The summed E-state index contributed by atoms with van der Waals surface area (Å²) in [5.74, 6) is 0.377. The van der Waals surface area contributed by atoms with Crippen molar-refractivity contribution in [3.63, 3.8) is 0 Å². The van der Waals surface area contributed by atoms with Crippen molar-refractivity contribution in [3.8, 4) is 0 Å². The van der Waals surface area contributed by atoms with Gasteiger partial charge >= 0.3 is 0 Å². The van der Waals surface area contributed by atoms with Crippen molar-refractivity contribution in [1.29, 1.82) is 0 Å². The average Bonchev–Trinajstić information content (AvgIpc) is 2.77. The number of ether oxygens (including phenoxy) is 1. The van der Waals surface area contributed by atoms with Gasteiger partial charge in [0.25, 0.3) is 0 Å². The van der Waals surface area contributed by atoms with Crippen LogP contribution in [0.5, 0.6) is 0 Å². The van der Waals surface area contributed by atoms with Crippen LogP contribution in [0.25, 0.3) is 0 Å². The summed E-state index contributed by atoms with van der Waals surface area (Å²) < 4.78 is 19.0. The Morgan fingerprint density at radius 2 is 2.35 bits per heavy atom. The number of halogens is 1. The fourth-order valence-electron chi connectivity index (χ4n) is 3.33. The van der Waals surface area contributed by atoms with E-state index in [0.717, 1.165) is 24.9 Å². The third-order valence-electron chi connectivity index (χ3n) is 4.33. The zero-order chi connectivity index (χ0) is 14.1. The maximum atomic E-state index is 13.1. The molecule has 2 saturated heterocycles. The highest BCUT2D eigenvalue weighted by atomic mass is 19.1. The van der Waals surface area contributed by atoms with Gasteiger partial charge in [-0.1, -0.05) is 12.1 Å². The molecule has 0 unspecified atom stereocenters. The first-order valence-corrected chi connectivity index (χ1v) is 7.29. The summed E-state index contributed by atoms with van der Waals surface area (Å²) in [4.78, 5) is 14.2. The minimum Gasteiger partial charge on any atom is -0.373 e. The van der Waals surface area contributed by atoms with E-state index in [2.05, 4.69) is 6.92 Å². The number of likely N-dealkylation sites (tertiary alicyclic amines) is 1. The molecule has 4 heteroatoms. The molecule has 2 aliphatic heterocycles. The van der Waals surface area contributed by atoms with Crippen molar-refractivity contribution in [2.75, 3.05) is 13.1 Å². The van der Waals surface area contributed by atoms with Crippen molar-refractivity contribution in [3.05, 3.63) is 35.6 Å². The standard InChI is InChI=1S/C16H20FNO2/c1-11-7-13-5-6-18(10-15(13)20-11)16(19)9-12-3-2-4-14(17)8-12/h2-4,8,11,13,15H,5-7,9-10H2,1H3/t11-,13-,15+/m1/s1. The van der Waals surface area contributed by atoms with Crippen molar-refractivity contribution in [2.24, 2.45) is 5.92 Å². The molecule has 0 aromatic heterocycles. The van der Waals surface area contributed by atoms with E-state index in [-0.39, 0.29) is 24.2 Å². The van der Waals surface area contributed by atoms with E-state index in [1.807, 2.05) is 4.90 Å². The molecule has 1 amide bonds. The topological polar surface area (TPSA) is 29.5 Å². The largest absolute Gasteiger partial charge is 0.373 e. The van der Waals surface area contributed by atoms with Crippen molar-refractivity contribution in [2.45, 2.75) is 38.4 Å². The van der Waals surface area contributed by atoms with Crippen LogP contribution in [0.4, 0.5) is 4.39 Å². The summed E-state index contributed by atoms with van der Waals surface area (Å²) >= 11 is 0. The number of hydrogen-bond acceptors (Lipinski definition) is 2. The lowest BCUT2D eigenvalue weighted by atomic mass is 9.92. The Balaban J connectivity index is 1.61. The third-order valence-corrected chi connectivity index (χ3v) is 4.33. The highest BCUT2D eigenvalue weighted by Crippen LogP contribution is 2.33. The molecular weight excluding hydrogens is 257 g/mol. The lowest BCUT2D eigenvalue weighted by molar-refractivity contribution is -0.134. The predicted molar refractivity (Wildman–Crippen MR) is 73.7 cm³/mol. The summed E-state index contributed by atoms with van der Waals surface area (Å²) in [6, 6.07) is 6.26. The van der Waals surface area contributed by atoms with Crippen LogP contribution < -0.4 is 0 Å². The highest BCUT2D eigenvalue weighted by molar-refractivity contribution is 5.78. The quantitative estimate of drug-likeness (QED) is 0.830. The molecule has 0 saturated carbocycles. The summed E-state index contributed by atoms with van der Waals surface area (Å²) in [6.45, 7) is 3.58. The van der Waals surface area contributed by atoms with Crippen LogP contribution in [-0.4, -0.2) is 36.1 Å². The van der Waals surface area contributed by atoms with Gasteiger partial charge in [-0.3, -0.25) is 4.79 Å². The van der Waals surface area contributed by atoms with Crippen LogP contribution in [0.15, 0.2) is 24.3 Å². The lowest BCUT2D eigenvalue weighted by Crippen LogP contribution is -2.45. The molecule has 1 aromatic carbocycles. The van der Waals surface area contributed by atoms with Gasteiger partial charge in [0, 0.05) is 13.1 Å². The first-order chi connectivity index (χ1) is 9.61. The van der Waals surface area contributed by atoms with E-state index < -0.39 is 0 Å². The molecule has 3 nitrogen and oxygen atoms in total. The molecule has 108 valence electrons. The number of piperidine rings is 1. The second kappa shape index (κ2) is 5.52. The molecule has 2 fully saturated rings. The van der Waals surface area contributed by atoms with Gasteiger partial charge < -0.3 is 9.64 Å². The van der Waals surface area contributed by atoms with E-state index in [0.29, 0.717) is 18.6 Å². The van der Waals surface area contributed by atoms with Gasteiger partial charge in [0.15, 0.2) is 0 Å². The molecule has 0 aliphatic carbocycles. The highest BCUT2D eigenvalue weighted by Gasteiger charge is 2.38. The first kappa shape index (κ1) is 13.6. The van der Waals surface area contributed by atoms with Crippen molar-refractivity contribution >= 4 is 5.91 Å². The monoisotopic (exact) mass is 277 g/mol. The molecule has 1 aromatic rings. The Bertz CT molecular complexity index is 505. The van der Waals surface area contributed by atoms with Gasteiger partial charge in [-0.2, -0.15) is 0 Å². The minimum absolute atomic E-state index is 0.0669. The van der Waals surface area contributed by atoms with Crippen LogP contribution >= 0.6 is 0 Å². The van der Waals surface area contributed by atoms with Gasteiger partial charge in [-0.15, -0.1) is 0 Å². The number of amides is 1. The van der Waals surface area contributed by atoms with Crippen LogP contribution in [-0.2, 0) is 16.0 Å². The number of carbonyl (C=O) groups excluding carboxylic acids is 1. The normalized spacial score (nSPS) is 29.3. The van der Waals surface area contributed by atoms with Crippen LogP contribution in [0.1, 0.15) is 25.3 Å². The molecule has 3 rings (SSSR count). The summed E-state index contributed by atoms with van der Waals surface area (Å²) in [5, 5.41) is 0. The maximum Gasteiger partial charge on any atom is 0.227 e. The second-order valence-electron chi connectivity index (χ2n) is 5.92. The lowest BCUT2D eigenvalue weighted by Gasteiger charge is -2.34. The molecule has 0 radical (unpaired) electrons. The summed E-state index contributed by atoms with van der Waals surface area (Å²) in [5.41, 5.74) is 0.734. The van der Waals surface area contributed by atoms with Crippen molar-refractivity contribution in [1.82, 2.24) is 4.90 Å². The van der Waals surface area contributed by atoms with E-state index in [1.165, 1.54) is 12.1 Å². The van der Waals surface area contributed by atoms with Gasteiger partial charge in [0.1, 0.15) is 5.82 Å². The molecular formula is C16H20FNO2. The van der Waals surface area contributed by atoms with Gasteiger partial charge in [0.05, 0.1) is 18.6 Å². The zero-order valence-electron chi connectivity index (χ0n) is 11.7. The maximum absolute atomic E-state index is 13.1. The Morgan fingerprint density at radius 3 is 3.15 bits per heavy atom. The number of hydrogen-bond donors (Lipinski definition) is 0. The summed E-state index contributed by atoms with van der Waals surface area (Å²) in [6.07, 6.45) is 2.89. The molecule has 3 atom stereocenters. The van der Waals surface area contributed by atoms with E-state index in [4.69, 9.17) is 4.74 Å². The molecule has 2 heterocycles. The molecule has 20 heavy (non-hydrogen) atoms. The molecule has 0 spiro atoms. The Morgan fingerprint density at radius 1 is 1.50 bits per heavy atom. The van der Waals surface area contributed by atoms with Gasteiger partial charge in [0.2, 0.25) is 5.91 Å². The summed E-state index contributed by atoms with van der Waals surface area (Å²) in [7, 11) is 0. The number of rotatable bonds is 2. The average molecular weight is 277 g/mol. The predicted octanol–water partition coefficient (Wildman–Crippen LogP) is 2.39. The first-order valence-electron chi connectivity index (χ1n) is 7.29. The van der Waals surface area contributed by atoms with E-state index in [1.54, 1.807) is 12.1 Å². The fraction of sp³-hybridized carbons (Fsp3) is 0.562. The Labute approximate surface area is 118 Å². The van der Waals surface area contributed by atoms with E-state index in [9.17, 15) is 9.18 Å². The minimum atomic E-state index is -0.290. The Hall–Kier alpha value is -1.42. The molecule has 0 bridgehead atoms. The second-order valence-corrected chi connectivity index (χ2v) is 5.92. The Kier molecular flexibility index (Phi) is 3.74. The number of benzene rings is 1. The number of fused-ring (bicyclic) bond motifs is 1.